The minimum absolute atomic E-state index is 0.401. The first-order valence-corrected chi connectivity index (χ1v) is 8.14. The SMILES string of the molecule is CC(C)(C)CC(CN)CN1CCC(N2CCCC2)C1. The van der Waals surface area contributed by atoms with E-state index in [4.69, 9.17) is 5.73 Å². The van der Waals surface area contributed by atoms with Gasteiger partial charge < -0.3 is 10.6 Å². The molecule has 0 radical (unpaired) electrons. The molecule has 2 fully saturated rings. The van der Waals surface area contributed by atoms with Crippen molar-refractivity contribution in [2.24, 2.45) is 17.1 Å². The van der Waals surface area contributed by atoms with Crippen LogP contribution in [0, 0.1) is 11.3 Å². The molecule has 19 heavy (non-hydrogen) atoms. The lowest BCUT2D eigenvalue weighted by molar-refractivity contribution is 0.197. The molecule has 2 unspecified atom stereocenters. The first kappa shape index (κ1) is 15.3. The maximum absolute atomic E-state index is 5.98. The van der Waals surface area contributed by atoms with Gasteiger partial charge >= 0.3 is 0 Å². The van der Waals surface area contributed by atoms with Crippen LogP contribution in [-0.2, 0) is 0 Å². The number of rotatable bonds is 5. The molecule has 2 saturated heterocycles. The normalized spacial score (nSPS) is 28.1. The van der Waals surface area contributed by atoms with Gasteiger partial charge in [0.15, 0.2) is 0 Å². The maximum Gasteiger partial charge on any atom is 0.0235 e. The van der Waals surface area contributed by atoms with Crippen LogP contribution in [-0.4, -0.2) is 55.1 Å². The lowest BCUT2D eigenvalue weighted by atomic mass is 9.84. The molecule has 3 nitrogen and oxygen atoms in total. The molecule has 0 saturated carbocycles. The van der Waals surface area contributed by atoms with E-state index in [1.165, 1.54) is 58.4 Å². The zero-order valence-corrected chi connectivity index (χ0v) is 13.2. The van der Waals surface area contributed by atoms with Gasteiger partial charge in [0.05, 0.1) is 0 Å². The van der Waals surface area contributed by atoms with Gasteiger partial charge in [-0.05, 0) is 63.2 Å². The minimum Gasteiger partial charge on any atom is -0.330 e. The van der Waals surface area contributed by atoms with Crippen molar-refractivity contribution >= 4 is 0 Å². The molecule has 0 aromatic heterocycles. The minimum atomic E-state index is 0.401. The average molecular weight is 267 g/mol. The molecule has 2 N–H and O–H groups in total. The molecular formula is C16H33N3. The Bertz CT molecular complexity index is 266. The fraction of sp³-hybridized carbons (Fsp3) is 1.00. The summed E-state index contributed by atoms with van der Waals surface area (Å²) in [4.78, 5) is 5.37. The summed E-state index contributed by atoms with van der Waals surface area (Å²) >= 11 is 0. The van der Waals surface area contributed by atoms with Crippen molar-refractivity contribution < 1.29 is 0 Å². The van der Waals surface area contributed by atoms with Crippen LogP contribution in [0.3, 0.4) is 0 Å². The van der Waals surface area contributed by atoms with Crippen molar-refractivity contribution in [1.29, 1.82) is 0 Å². The molecule has 0 spiro atoms. The molecule has 0 bridgehead atoms. The Morgan fingerprint density at radius 3 is 2.42 bits per heavy atom. The van der Waals surface area contributed by atoms with Crippen molar-refractivity contribution in [3.8, 4) is 0 Å². The zero-order chi connectivity index (χ0) is 13.9. The van der Waals surface area contributed by atoms with Gasteiger partial charge in [-0.3, -0.25) is 4.90 Å². The summed E-state index contributed by atoms with van der Waals surface area (Å²) in [6.45, 7) is 14.2. The van der Waals surface area contributed by atoms with Crippen LogP contribution in [0.2, 0.25) is 0 Å². The Morgan fingerprint density at radius 1 is 1.16 bits per heavy atom. The number of nitrogens with two attached hydrogens (primary N) is 1. The smallest absolute Gasteiger partial charge is 0.0235 e. The summed E-state index contributed by atoms with van der Waals surface area (Å²) in [6, 6.07) is 0.829. The highest BCUT2D eigenvalue weighted by Gasteiger charge is 2.30. The maximum atomic E-state index is 5.98. The Labute approximate surface area is 119 Å². The van der Waals surface area contributed by atoms with Gasteiger partial charge in [-0.2, -0.15) is 0 Å². The van der Waals surface area contributed by atoms with E-state index < -0.39 is 0 Å². The average Bonchev–Trinajstić information content (AvgIpc) is 2.95. The molecule has 2 rings (SSSR count). The van der Waals surface area contributed by atoms with Crippen LogP contribution < -0.4 is 5.73 Å². The summed E-state index contributed by atoms with van der Waals surface area (Å²) in [6.07, 6.45) is 5.43. The van der Waals surface area contributed by atoms with Gasteiger partial charge in [0.25, 0.3) is 0 Å². The number of nitrogens with zero attached hydrogens (tertiary/aromatic N) is 2. The van der Waals surface area contributed by atoms with Crippen molar-refractivity contribution in [3.63, 3.8) is 0 Å². The highest BCUT2D eigenvalue weighted by molar-refractivity contribution is 4.87. The third-order valence-corrected chi connectivity index (χ3v) is 4.66. The van der Waals surface area contributed by atoms with Crippen molar-refractivity contribution in [2.45, 2.75) is 52.5 Å². The summed E-state index contributed by atoms with van der Waals surface area (Å²) < 4.78 is 0. The largest absolute Gasteiger partial charge is 0.330 e. The van der Waals surface area contributed by atoms with Crippen molar-refractivity contribution in [3.05, 3.63) is 0 Å². The Kier molecular flexibility index (Phi) is 5.27. The topological polar surface area (TPSA) is 32.5 Å². The zero-order valence-electron chi connectivity index (χ0n) is 13.2. The Hall–Kier alpha value is -0.120. The van der Waals surface area contributed by atoms with Gasteiger partial charge in [-0.15, -0.1) is 0 Å². The number of likely N-dealkylation sites (tertiary alicyclic amines) is 2. The molecule has 2 aliphatic heterocycles. The van der Waals surface area contributed by atoms with Gasteiger partial charge in [0.1, 0.15) is 0 Å². The Balaban J connectivity index is 1.76. The Morgan fingerprint density at radius 2 is 1.84 bits per heavy atom. The second kappa shape index (κ2) is 6.55. The van der Waals surface area contributed by atoms with Crippen LogP contribution in [0.5, 0.6) is 0 Å². The van der Waals surface area contributed by atoms with E-state index in [1.807, 2.05) is 0 Å². The van der Waals surface area contributed by atoms with Gasteiger partial charge in [0.2, 0.25) is 0 Å². The van der Waals surface area contributed by atoms with Crippen LogP contribution in [0.25, 0.3) is 0 Å². The monoisotopic (exact) mass is 267 g/mol. The fourth-order valence-corrected chi connectivity index (χ4v) is 3.84. The van der Waals surface area contributed by atoms with E-state index in [0.717, 1.165) is 12.6 Å². The van der Waals surface area contributed by atoms with E-state index in [9.17, 15) is 0 Å². The predicted molar refractivity (Wildman–Crippen MR) is 82.3 cm³/mol. The fourth-order valence-electron chi connectivity index (χ4n) is 3.84. The molecule has 0 aliphatic carbocycles. The number of hydrogen-bond donors (Lipinski definition) is 1. The second-order valence-corrected chi connectivity index (χ2v) is 7.81. The first-order valence-electron chi connectivity index (χ1n) is 8.14. The molecule has 2 aliphatic rings. The summed E-state index contributed by atoms with van der Waals surface area (Å²) in [7, 11) is 0. The van der Waals surface area contributed by atoms with Crippen LogP contribution in [0.15, 0.2) is 0 Å². The summed E-state index contributed by atoms with van der Waals surface area (Å²) in [5, 5.41) is 0. The quantitative estimate of drug-likeness (QED) is 0.828. The van der Waals surface area contributed by atoms with Gasteiger partial charge in [0, 0.05) is 19.1 Å². The molecule has 0 aromatic rings. The molecule has 112 valence electrons. The standard InChI is InChI=1S/C16H33N3/c1-16(2,3)10-14(11-17)12-18-9-6-15(13-18)19-7-4-5-8-19/h14-15H,4-13,17H2,1-3H3. The highest BCUT2D eigenvalue weighted by atomic mass is 15.3. The first-order chi connectivity index (χ1) is 8.98. The van der Waals surface area contributed by atoms with Gasteiger partial charge in [-0.1, -0.05) is 20.8 Å². The third-order valence-electron chi connectivity index (χ3n) is 4.66. The molecule has 2 heterocycles. The van der Waals surface area contributed by atoms with Crippen LogP contribution in [0.1, 0.15) is 46.5 Å². The van der Waals surface area contributed by atoms with E-state index in [1.54, 1.807) is 0 Å². The molecule has 3 heteroatoms. The summed E-state index contributed by atoms with van der Waals surface area (Å²) in [5.74, 6) is 0.664. The molecule has 0 aromatic carbocycles. The molecular weight excluding hydrogens is 234 g/mol. The van der Waals surface area contributed by atoms with E-state index in [2.05, 4.69) is 30.6 Å². The lowest BCUT2D eigenvalue weighted by Crippen LogP contribution is -2.38. The predicted octanol–water partition coefficient (Wildman–Crippen LogP) is 2.17. The number of hydrogen-bond acceptors (Lipinski definition) is 3. The lowest BCUT2D eigenvalue weighted by Gasteiger charge is -2.29. The van der Waals surface area contributed by atoms with Gasteiger partial charge in [-0.25, -0.2) is 0 Å². The highest BCUT2D eigenvalue weighted by Crippen LogP contribution is 2.26. The molecule has 2 atom stereocenters. The van der Waals surface area contributed by atoms with Crippen LogP contribution >= 0.6 is 0 Å². The molecule has 0 amide bonds. The van der Waals surface area contributed by atoms with E-state index in [-0.39, 0.29) is 0 Å². The van der Waals surface area contributed by atoms with E-state index >= 15 is 0 Å². The van der Waals surface area contributed by atoms with Crippen molar-refractivity contribution in [2.75, 3.05) is 39.3 Å². The summed E-state index contributed by atoms with van der Waals surface area (Å²) in [5.41, 5.74) is 6.38. The van der Waals surface area contributed by atoms with Crippen LogP contribution in [0.4, 0.5) is 0 Å². The third kappa shape index (κ3) is 4.73. The second-order valence-electron chi connectivity index (χ2n) is 7.81. The van der Waals surface area contributed by atoms with Crippen molar-refractivity contribution in [1.82, 2.24) is 9.80 Å². The van der Waals surface area contributed by atoms with E-state index in [0.29, 0.717) is 11.3 Å².